The van der Waals surface area contributed by atoms with Crippen LogP contribution in [0.3, 0.4) is 0 Å². The molecule has 0 spiro atoms. The van der Waals surface area contributed by atoms with Crippen molar-refractivity contribution in [1.29, 1.82) is 0 Å². The molecule has 0 radical (unpaired) electrons. The highest BCUT2D eigenvalue weighted by Crippen LogP contribution is 2.29. The van der Waals surface area contributed by atoms with Crippen molar-refractivity contribution >= 4 is 17.5 Å². The van der Waals surface area contributed by atoms with Gasteiger partial charge >= 0.3 is 0 Å². The number of aryl methyl sites for hydroxylation is 4. The number of piperidine rings is 1. The second kappa shape index (κ2) is 8.90. The van der Waals surface area contributed by atoms with Crippen molar-refractivity contribution in [2.45, 2.75) is 39.5 Å². The second-order valence-corrected chi connectivity index (χ2v) is 8.48. The molecule has 1 saturated heterocycles. The molecule has 4 rings (SSSR count). The van der Waals surface area contributed by atoms with Gasteiger partial charge in [-0.3, -0.25) is 14.6 Å². The molecule has 1 atom stereocenters. The third-order valence-corrected chi connectivity index (χ3v) is 5.67. The molecule has 1 amide bonds. The van der Waals surface area contributed by atoms with Crippen molar-refractivity contribution in [3.8, 4) is 0 Å². The van der Waals surface area contributed by atoms with E-state index in [9.17, 15) is 9.59 Å². The third kappa shape index (κ3) is 4.85. The molecule has 8 heteroatoms. The van der Waals surface area contributed by atoms with Crippen LogP contribution in [0.5, 0.6) is 0 Å². The van der Waals surface area contributed by atoms with Crippen LogP contribution in [0.25, 0.3) is 0 Å². The minimum Gasteiger partial charge on any atom is -0.338 e. The maximum absolute atomic E-state index is 13.0. The average molecular weight is 433 g/mol. The van der Waals surface area contributed by atoms with Crippen molar-refractivity contribution in [2.24, 2.45) is 7.05 Å². The summed E-state index contributed by atoms with van der Waals surface area (Å²) in [6.07, 6.45) is 3.47. The van der Waals surface area contributed by atoms with Gasteiger partial charge in [-0.25, -0.2) is 9.97 Å². The van der Waals surface area contributed by atoms with Crippen molar-refractivity contribution in [3.05, 3.63) is 75.2 Å². The second-order valence-electron chi connectivity index (χ2n) is 8.48. The molecule has 0 saturated carbocycles. The summed E-state index contributed by atoms with van der Waals surface area (Å²) in [5.41, 5.74) is 4.95. The first kappa shape index (κ1) is 21.7. The number of rotatable bonds is 4. The molecule has 8 nitrogen and oxygen atoms in total. The summed E-state index contributed by atoms with van der Waals surface area (Å²) in [6, 6.07) is 8.97. The zero-order valence-electron chi connectivity index (χ0n) is 18.9. The first-order valence-corrected chi connectivity index (χ1v) is 10.8. The number of amides is 1. The van der Waals surface area contributed by atoms with E-state index >= 15 is 0 Å². The van der Waals surface area contributed by atoms with Gasteiger partial charge in [0.1, 0.15) is 0 Å². The van der Waals surface area contributed by atoms with Gasteiger partial charge in [0.25, 0.3) is 5.91 Å². The first-order chi connectivity index (χ1) is 15.3. The van der Waals surface area contributed by atoms with E-state index in [2.05, 4.69) is 15.3 Å². The molecular formula is C24H28N6O2. The first-order valence-electron chi connectivity index (χ1n) is 10.8. The number of hydrogen-bond acceptors (Lipinski definition) is 6. The Balaban J connectivity index is 1.54. The van der Waals surface area contributed by atoms with E-state index in [1.54, 1.807) is 19.3 Å². The number of carbonyl (C=O) groups is 1. The predicted octanol–water partition coefficient (Wildman–Crippen LogP) is 3.26. The Morgan fingerprint density at radius 2 is 1.75 bits per heavy atom. The minimum absolute atomic E-state index is 0.0556. The van der Waals surface area contributed by atoms with Crippen LogP contribution in [0, 0.1) is 20.8 Å². The molecule has 0 aromatic carbocycles. The molecule has 1 N–H and O–H groups in total. The molecule has 32 heavy (non-hydrogen) atoms. The van der Waals surface area contributed by atoms with Gasteiger partial charge in [-0.1, -0.05) is 0 Å². The zero-order valence-corrected chi connectivity index (χ0v) is 18.9. The van der Waals surface area contributed by atoms with Gasteiger partial charge in [0.15, 0.2) is 0 Å². The van der Waals surface area contributed by atoms with Crippen molar-refractivity contribution in [2.75, 3.05) is 18.4 Å². The Morgan fingerprint density at radius 1 is 1.03 bits per heavy atom. The summed E-state index contributed by atoms with van der Waals surface area (Å²) in [5, 5.41) is 3.30. The Kier molecular flexibility index (Phi) is 6.03. The molecule has 0 unspecified atom stereocenters. The monoisotopic (exact) mass is 432 g/mol. The number of hydrogen-bond donors (Lipinski definition) is 1. The van der Waals surface area contributed by atoms with E-state index in [0.717, 1.165) is 41.3 Å². The molecular weight excluding hydrogens is 404 g/mol. The van der Waals surface area contributed by atoms with Gasteiger partial charge in [0.05, 0.1) is 5.56 Å². The van der Waals surface area contributed by atoms with E-state index in [-0.39, 0.29) is 17.4 Å². The maximum Gasteiger partial charge on any atom is 0.255 e. The van der Waals surface area contributed by atoms with E-state index in [0.29, 0.717) is 24.6 Å². The predicted molar refractivity (Wildman–Crippen MR) is 123 cm³/mol. The zero-order chi connectivity index (χ0) is 22.8. The smallest absolute Gasteiger partial charge is 0.255 e. The van der Waals surface area contributed by atoms with Crippen LogP contribution >= 0.6 is 0 Å². The van der Waals surface area contributed by atoms with Crippen molar-refractivity contribution in [1.82, 2.24) is 24.4 Å². The molecule has 4 heterocycles. The van der Waals surface area contributed by atoms with Gasteiger partial charge < -0.3 is 14.8 Å². The Labute approximate surface area is 187 Å². The van der Waals surface area contributed by atoms with Crippen molar-refractivity contribution in [3.63, 3.8) is 0 Å². The molecule has 3 aromatic rings. The topological polar surface area (TPSA) is 93.0 Å². The fraction of sp³-hybridized carbons (Fsp3) is 0.375. The highest BCUT2D eigenvalue weighted by Gasteiger charge is 2.27. The van der Waals surface area contributed by atoms with Gasteiger partial charge in [-0.15, -0.1) is 0 Å². The van der Waals surface area contributed by atoms with Crippen LogP contribution in [0.15, 0.2) is 41.3 Å². The quantitative estimate of drug-likeness (QED) is 0.680. The normalized spacial score (nSPS) is 16.1. The Hall–Kier alpha value is -3.55. The van der Waals surface area contributed by atoms with Crippen LogP contribution in [-0.2, 0) is 7.05 Å². The SMILES string of the molecule is Cc1cc(Nc2nc(C)cc(C)n2)cc([C@@H]2CCCN(C(=O)c3ccc(=O)n(C)c3)C2)n1. The number of aromatic nitrogens is 4. The van der Waals surface area contributed by atoms with Crippen LogP contribution in [0.1, 0.15) is 51.9 Å². The lowest BCUT2D eigenvalue weighted by molar-refractivity contribution is 0.0705. The van der Waals surface area contributed by atoms with Crippen LogP contribution in [-0.4, -0.2) is 43.4 Å². The largest absolute Gasteiger partial charge is 0.338 e. The molecule has 3 aromatic heterocycles. The molecule has 1 fully saturated rings. The highest BCUT2D eigenvalue weighted by molar-refractivity contribution is 5.94. The van der Waals surface area contributed by atoms with Crippen LogP contribution < -0.4 is 10.9 Å². The van der Waals surface area contributed by atoms with Gasteiger partial charge in [-0.2, -0.15) is 0 Å². The molecule has 1 aliphatic heterocycles. The number of likely N-dealkylation sites (tertiary alicyclic amines) is 1. The third-order valence-electron chi connectivity index (χ3n) is 5.67. The van der Waals surface area contributed by atoms with Gasteiger partial charge in [-0.05, 0) is 57.9 Å². The van der Waals surface area contributed by atoms with Crippen LogP contribution in [0.2, 0.25) is 0 Å². The molecule has 166 valence electrons. The summed E-state index contributed by atoms with van der Waals surface area (Å²) in [7, 11) is 1.66. The number of anilines is 2. The van der Waals surface area contributed by atoms with Gasteiger partial charge in [0, 0.05) is 66.8 Å². The van der Waals surface area contributed by atoms with Crippen LogP contribution in [0.4, 0.5) is 11.6 Å². The Morgan fingerprint density at radius 3 is 2.47 bits per heavy atom. The lowest BCUT2D eigenvalue weighted by Gasteiger charge is -2.33. The minimum atomic E-state index is -0.130. The van der Waals surface area contributed by atoms with E-state index in [1.165, 1.54) is 10.6 Å². The summed E-state index contributed by atoms with van der Waals surface area (Å²) in [6.45, 7) is 7.15. The molecule has 1 aliphatic rings. The standard InChI is InChI=1S/C24H28N6O2/c1-15-10-16(2)27-24(26-15)28-20-11-17(3)25-21(12-20)18-6-5-9-30(14-18)23(32)19-7-8-22(31)29(4)13-19/h7-8,10-13,18H,5-6,9,14H2,1-4H3,(H,25,26,27,28)/t18-/m1/s1. The van der Waals surface area contributed by atoms with Crippen molar-refractivity contribution < 1.29 is 4.79 Å². The maximum atomic E-state index is 13.0. The summed E-state index contributed by atoms with van der Waals surface area (Å²) < 4.78 is 1.43. The summed E-state index contributed by atoms with van der Waals surface area (Å²) >= 11 is 0. The van der Waals surface area contributed by atoms with E-state index in [1.807, 2.05) is 43.9 Å². The average Bonchev–Trinajstić information content (AvgIpc) is 2.74. The highest BCUT2D eigenvalue weighted by atomic mass is 16.2. The fourth-order valence-electron chi connectivity index (χ4n) is 4.19. The number of pyridine rings is 2. The van der Waals surface area contributed by atoms with E-state index in [4.69, 9.17) is 4.98 Å². The Bertz CT molecular complexity index is 1200. The molecule has 0 aliphatic carbocycles. The van der Waals surface area contributed by atoms with E-state index < -0.39 is 0 Å². The summed E-state index contributed by atoms with van der Waals surface area (Å²) in [5.74, 6) is 0.648. The number of carbonyl (C=O) groups excluding carboxylic acids is 1. The number of nitrogens with one attached hydrogen (secondary N) is 1. The lowest BCUT2D eigenvalue weighted by atomic mass is 9.93. The molecule has 0 bridgehead atoms. The fourth-order valence-corrected chi connectivity index (χ4v) is 4.19. The lowest BCUT2D eigenvalue weighted by Crippen LogP contribution is -2.39. The summed E-state index contributed by atoms with van der Waals surface area (Å²) in [4.78, 5) is 40.2. The number of nitrogens with zero attached hydrogens (tertiary/aromatic N) is 5. The van der Waals surface area contributed by atoms with Gasteiger partial charge in [0.2, 0.25) is 11.5 Å².